The van der Waals surface area contributed by atoms with Gasteiger partial charge < -0.3 is 16.0 Å². The molecule has 0 spiro atoms. The lowest BCUT2D eigenvalue weighted by Crippen LogP contribution is -2.36. The first kappa shape index (κ1) is 24.2. The lowest BCUT2D eigenvalue weighted by atomic mass is 10.1. The Morgan fingerprint density at radius 1 is 1.07 bits per heavy atom. The van der Waals surface area contributed by atoms with Crippen molar-refractivity contribution < 1.29 is 4.79 Å². The number of guanidine groups is 1. The van der Waals surface area contributed by atoms with Gasteiger partial charge in [-0.15, -0.1) is 24.0 Å². The third kappa shape index (κ3) is 8.48. The summed E-state index contributed by atoms with van der Waals surface area (Å²) < 4.78 is 0. The quantitative estimate of drug-likeness (QED) is 0.282. The molecule has 0 unspecified atom stereocenters. The van der Waals surface area contributed by atoms with E-state index in [2.05, 4.69) is 20.9 Å². The number of rotatable bonds is 7. The first-order valence-corrected chi connectivity index (χ1v) is 9.42. The third-order valence-corrected chi connectivity index (χ3v) is 4.26. The van der Waals surface area contributed by atoms with Crippen molar-refractivity contribution in [3.05, 3.63) is 64.7 Å². The number of aliphatic imine (C=N–C) groups is 1. The number of carbonyl (C=O) groups is 1. The Labute approximate surface area is 189 Å². The van der Waals surface area contributed by atoms with Gasteiger partial charge in [-0.3, -0.25) is 9.79 Å². The average molecular weight is 515 g/mol. The van der Waals surface area contributed by atoms with E-state index in [1.807, 2.05) is 62.4 Å². The van der Waals surface area contributed by atoms with Crippen LogP contribution in [0.5, 0.6) is 0 Å². The molecule has 0 aromatic heterocycles. The molecule has 28 heavy (non-hydrogen) atoms. The predicted molar refractivity (Wildman–Crippen MR) is 128 cm³/mol. The number of nitrogens with zero attached hydrogens (tertiary/aromatic N) is 1. The molecule has 0 saturated heterocycles. The van der Waals surface area contributed by atoms with E-state index < -0.39 is 0 Å². The smallest absolute Gasteiger partial charge is 0.224 e. The Kier molecular flexibility index (Phi) is 10.9. The molecule has 0 aliphatic rings. The summed E-state index contributed by atoms with van der Waals surface area (Å²) in [7, 11) is 1.73. The highest BCUT2D eigenvalue weighted by Crippen LogP contribution is 2.14. The van der Waals surface area contributed by atoms with Gasteiger partial charge in [0, 0.05) is 37.3 Å². The number of carbonyl (C=O) groups excluding carboxylic acids is 1. The van der Waals surface area contributed by atoms with E-state index in [1.54, 1.807) is 7.05 Å². The molecule has 0 radical (unpaired) electrons. The number of nitrogens with one attached hydrogen (secondary N) is 3. The second kappa shape index (κ2) is 12.6. The SMILES string of the molecule is CN=C(NCc1cccc(NC(=O)CC(C)C)c1)NCc1ccccc1Cl.I. The molecule has 2 aromatic rings. The summed E-state index contributed by atoms with van der Waals surface area (Å²) in [5.74, 6) is 1.05. The van der Waals surface area contributed by atoms with E-state index in [9.17, 15) is 4.79 Å². The van der Waals surface area contributed by atoms with Crippen LogP contribution >= 0.6 is 35.6 Å². The van der Waals surface area contributed by atoms with Gasteiger partial charge >= 0.3 is 0 Å². The zero-order chi connectivity index (χ0) is 19.6. The maximum Gasteiger partial charge on any atom is 0.224 e. The Bertz CT molecular complexity index is 795. The molecular formula is C21H28ClIN4O. The highest BCUT2D eigenvalue weighted by molar-refractivity contribution is 14.0. The number of hydrogen-bond donors (Lipinski definition) is 3. The molecule has 0 aliphatic heterocycles. The maximum absolute atomic E-state index is 11.9. The summed E-state index contributed by atoms with van der Waals surface area (Å²) in [4.78, 5) is 16.2. The lowest BCUT2D eigenvalue weighted by molar-refractivity contribution is -0.116. The van der Waals surface area contributed by atoms with Gasteiger partial charge in [-0.05, 0) is 35.2 Å². The van der Waals surface area contributed by atoms with Crippen LogP contribution in [0.4, 0.5) is 5.69 Å². The minimum Gasteiger partial charge on any atom is -0.352 e. The van der Waals surface area contributed by atoms with Crippen molar-refractivity contribution in [2.45, 2.75) is 33.4 Å². The van der Waals surface area contributed by atoms with Crippen LogP contribution in [0.25, 0.3) is 0 Å². The molecule has 0 bridgehead atoms. The minimum absolute atomic E-state index is 0. The van der Waals surface area contributed by atoms with Crippen LogP contribution < -0.4 is 16.0 Å². The van der Waals surface area contributed by atoms with Crippen LogP contribution in [0, 0.1) is 5.92 Å². The van der Waals surface area contributed by atoms with Crippen molar-refractivity contribution in [2.75, 3.05) is 12.4 Å². The summed E-state index contributed by atoms with van der Waals surface area (Å²) in [5, 5.41) is 10.2. The summed E-state index contributed by atoms with van der Waals surface area (Å²) in [6.45, 7) is 5.24. The normalized spacial score (nSPS) is 11.0. The van der Waals surface area contributed by atoms with E-state index in [4.69, 9.17) is 11.6 Å². The van der Waals surface area contributed by atoms with Crippen molar-refractivity contribution in [2.24, 2.45) is 10.9 Å². The van der Waals surface area contributed by atoms with Gasteiger partial charge in [0.25, 0.3) is 0 Å². The third-order valence-electron chi connectivity index (χ3n) is 3.89. The van der Waals surface area contributed by atoms with Crippen molar-refractivity contribution in [3.8, 4) is 0 Å². The van der Waals surface area contributed by atoms with E-state index in [-0.39, 0.29) is 29.9 Å². The lowest BCUT2D eigenvalue weighted by Gasteiger charge is -2.13. The highest BCUT2D eigenvalue weighted by atomic mass is 127. The van der Waals surface area contributed by atoms with Crippen LogP contribution in [-0.2, 0) is 17.9 Å². The van der Waals surface area contributed by atoms with Crippen molar-refractivity contribution in [1.29, 1.82) is 0 Å². The van der Waals surface area contributed by atoms with Gasteiger partial charge in [0.2, 0.25) is 5.91 Å². The van der Waals surface area contributed by atoms with Crippen molar-refractivity contribution >= 4 is 53.1 Å². The van der Waals surface area contributed by atoms with Crippen LogP contribution in [0.15, 0.2) is 53.5 Å². The first-order valence-electron chi connectivity index (χ1n) is 9.04. The second-order valence-corrected chi connectivity index (χ2v) is 7.12. The van der Waals surface area contributed by atoms with Gasteiger partial charge in [-0.1, -0.05) is 55.8 Å². The van der Waals surface area contributed by atoms with Gasteiger partial charge in [0.1, 0.15) is 0 Å². The fourth-order valence-electron chi connectivity index (χ4n) is 2.57. The number of hydrogen-bond acceptors (Lipinski definition) is 2. The molecule has 0 heterocycles. The summed E-state index contributed by atoms with van der Waals surface area (Å²) >= 11 is 6.18. The topological polar surface area (TPSA) is 65.5 Å². The molecule has 5 nitrogen and oxygen atoms in total. The standard InChI is InChI=1S/C21H27ClN4O.HI/c1-15(2)11-20(27)26-18-9-6-7-16(12-18)13-24-21(23-3)25-14-17-8-4-5-10-19(17)22;/h4-10,12,15H,11,13-14H2,1-3H3,(H,26,27)(H2,23,24,25);1H. The molecule has 0 fully saturated rings. The van der Waals surface area contributed by atoms with Gasteiger partial charge in [-0.2, -0.15) is 0 Å². The van der Waals surface area contributed by atoms with Gasteiger partial charge in [0.15, 0.2) is 5.96 Å². The average Bonchev–Trinajstić information content (AvgIpc) is 2.62. The zero-order valence-electron chi connectivity index (χ0n) is 16.5. The van der Waals surface area contributed by atoms with Crippen LogP contribution in [0.1, 0.15) is 31.4 Å². The zero-order valence-corrected chi connectivity index (χ0v) is 19.5. The van der Waals surface area contributed by atoms with E-state index in [0.717, 1.165) is 21.8 Å². The summed E-state index contributed by atoms with van der Waals surface area (Å²) in [6, 6.07) is 15.5. The summed E-state index contributed by atoms with van der Waals surface area (Å²) in [5.41, 5.74) is 2.87. The Hall–Kier alpha value is -1.80. The molecular weight excluding hydrogens is 487 g/mol. The Morgan fingerprint density at radius 3 is 2.46 bits per heavy atom. The predicted octanol–water partition coefficient (Wildman–Crippen LogP) is 4.81. The fourth-order valence-corrected chi connectivity index (χ4v) is 2.77. The van der Waals surface area contributed by atoms with Crippen LogP contribution in [0.2, 0.25) is 5.02 Å². The number of anilines is 1. The number of halogens is 2. The monoisotopic (exact) mass is 514 g/mol. The number of amides is 1. The molecule has 2 rings (SSSR count). The molecule has 7 heteroatoms. The highest BCUT2D eigenvalue weighted by Gasteiger charge is 2.06. The Balaban J connectivity index is 0.00000392. The molecule has 3 N–H and O–H groups in total. The fraction of sp³-hybridized carbons (Fsp3) is 0.333. The van der Waals surface area contributed by atoms with E-state index >= 15 is 0 Å². The van der Waals surface area contributed by atoms with Gasteiger partial charge in [0.05, 0.1) is 0 Å². The molecule has 0 aliphatic carbocycles. The van der Waals surface area contributed by atoms with Crippen LogP contribution in [-0.4, -0.2) is 18.9 Å². The molecule has 1 amide bonds. The largest absolute Gasteiger partial charge is 0.352 e. The van der Waals surface area contributed by atoms with Gasteiger partial charge in [-0.25, -0.2) is 0 Å². The van der Waals surface area contributed by atoms with Crippen molar-refractivity contribution in [3.63, 3.8) is 0 Å². The first-order chi connectivity index (χ1) is 13.0. The Morgan fingerprint density at radius 2 is 1.79 bits per heavy atom. The molecule has 0 atom stereocenters. The van der Waals surface area contributed by atoms with Crippen molar-refractivity contribution in [1.82, 2.24) is 10.6 Å². The van der Waals surface area contributed by atoms with Crippen LogP contribution in [0.3, 0.4) is 0 Å². The molecule has 0 saturated carbocycles. The minimum atomic E-state index is 0. The summed E-state index contributed by atoms with van der Waals surface area (Å²) in [6.07, 6.45) is 0.515. The van der Waals surface area contributed by atoms with E-state index in [1.165, 1.54) is 0 Å². The molecule has 152 valence electrons. The molecule has 2 aromatic carbocycles. The number of benzene rings is 2. The van der Waals surface area contributed by atoms with E-state index in [0.29, 0.717) is 31.4 Å². The maximum atomic E-state index is 11.9. The second-order valence-electron chi connectivity index (χ2n) is 6.72.